The van der Waals surface area contributed by atoms with Gasteiger partial charge in [0.2, 0.25) is 0 Å². The fourth-order valence-electron chi connectivity index (χ4n) is 2.69. The van der Waals surface area contributed by atoms with E-state index in [-0.39, 0.29) is 11.5 Å². The van der Waals surface area contributed by atoms with Gasteiger partial charge in [0.25, 0.3) is 0 Å². The van der Waals surface area contributed by atoms with Crippen LogP contribution >= 0.6 is 23.2 Å². The smallest absolute Gasteiger partial charge is 0.137 e. The minimum Gasteiger partial charge on any atom is -0.384 e. The van der Waals surface area contributed by atoms with E-state index in [0.717, 1.165) is 18.4 Å². The summed E-state index contributed by atoms with van der Waals surface area (Å²) in [6, 6.07) is 5.77. The summed E-state index contributed by atoms with van der Waals surface area (Å²) in [5.74, 6) is 0. The van der Waals surface area contributed by atoms with Crippen LogP contribution in [0.4, 0.5) is 0 Å². The van der Waals surface area contributed by atoms with Crippen LogP contribution in [0.2, 0.25) is 10.0 Å². The van der Waals surface area contributed by atoms with Crippen molar-refractivity contribution in [3.05, 3.63) is 46.5 Å². The van der Waals surface area contributed by atoms with E-state index >= 15 is 0 Å². The average Bonchev–Trinajstić information content (AvgIpc) is 2.94. The van der Waals surface area contributed by atoms with Gasteiger partial charge in [-0.1, -0.05) is 43.1 Å². The Morgan fingerprint density at radius 3 is 2.68 bits per heavy atom. The Bertz CT molecular complexity index is 599. The third kappa shape index (κ3) is 4.70. The monoisotopic (exact) mass is 341 g/mol. The first kappa shape index (κ1) is 17.3. The third-order valence-corrected chi connectivity index (χ3v) is 4.19. The van der Waals surface area contributed by atoms with Crippen LogP contribution in [-0.2, 0) is 11.2 Å². The molecule has 0 saturated heterocycles. The van der Waals surface area contributed by atoms with Crippen molar-refractivity contribution in [2.75, 3.05) is 13.7 Å². The van der Waals surface area contributed by atoms with Crippen molar-refractivity contribution in [1.29, 1.82) is 0 Å². The Morgan fingerprint density at radius 2 is 2.09 bits per heavy atom. The zero-order valence-electron chi connectivity index (χ0n) is 13.1. The first-order valence-electron chi connectivity index (χ1n) is 7.18. The number of rotatable bonds is 7. The molecule has 120 valence electrons. The van der Waals surface area contributed by atoms with Gasteiger partial charge in [-0.15, -0.1) is 0 Å². The number of hydrogen-bond donors (Lipinski definition) is 0. The molecule has 1 heterocycles. The lowest BCUT2D eigenvalue weighted by Crippen LogP contribution is -2.26. The second kappa shape index (κ2) is 7.44. The summed E-state index contributed by atoms with van der Waals surface area (Å²) in [6.07, 6.45) is 4.98. The normalized spacial score (nSPS) is 13.3. The molecule has 1 aromatic carbocycles. The van der Waals surface area contributed by atoms with E-state index in [2.05, 4.69) is 23.9 Å². The van der Waals surface area contributed by atoms with Gasteiger partial charge >= 0.3 is 0 Å². The summed E-state index contributed by atoms with van der Waals surface area (Å²) in [5, 5.41) is 5.63. The van der Waals surface area contributed by atoms with Crippen LogP contribution < -0.4 is 0 Å². The molecule has 0 N–H and O–H groups in total. The van der Waals surface area contributed by atoms with Gasteiger partial charge in [-0.05, 0) is 36.0 Å². The molecule has 0 saturated carbocycles. The van der Waals surface area contributed by atoms with E-state index in [1.165, 1.54) is 0 Å². The molecule has 1 unspecified atom stereocenters. The quantitative estimate of drug-likeness (QED) is 0.747. The van der Waals surface area contributed by atoms with Crippen molar-refractivity contribution in [3.63, 3.8) is 0 Å². The Hall–Kier alpha value is -1.10. The Kier molecular flexibility index (Phi) is 5.84. The predicted molar refractivity (Wildman–Crippen MR) is 89.5 cm³/mol. The van der Waals surface area contributed by atoms with Gasteiger partial charge in [-0.2, -0.15) is 5.10 Å². The van der Waals surface area contributed by atoms with E-state index in [9.17, 15) is 0 Å². The largest absolute Gasteiger partial charge is 0.384 e. The fraction of sp³-hybridized carbons (Fsp3) is 0.500. The maximum atomic E-state index is 6.31. The van der Waals surface area contributed by atoms with Gasteiger partial charge in [-0.3, -0.25) is 0 Å². The zero-order chi connectivity index (χ0) is 16.2. The number of benzene rings is 1. The van der Waals surface area contributed by atoms with Gasteiger partial charge in [-0.25, -0.2) is 9.67 Å². The molecule has 0 aliphatic carbocycles. The number of hydrogen-bond acceptors (Lipinski definition) is 3. The molecule has 0 bridgehead atoms. The van der Waals surface area contributed by atoms with Crippen LogP contribution in [0.1, 0.15) is 31.9 Å². The summed E-state index contributed by atoms with van der Waals surface area (Å²) >= 11 is 12.3. The van der Waals surface area contributed by atoms with Crippen LogP contribution in [0.5, 0.6) is 0 Å². The Labute approximate surface area is 141 Å². The number of ether oxygens (including phenoxy) is 1. The number of methoxy groups -OCH3 is 1. The molecule has 1 aromatic heterocycles. The molecule has 0 aliphatic heterocycles. The highest BCUT2D eigenvalue weighted by molar-refractivity contribution is 6.35. The third-order valence-electron chi connectivity index (χ3n) is 3.60. The average molecular weight is 342 g/mol. The van der Waals surface area contributed by atoms with Crippen LogP contribution in [-0.4, -0.2) is 28.5 Å². The lowest BCUT2D eigenvalue weighted by molar-refractivity contribution is 0.0846. The van der Waals surface area contributed by atoms with Gasteiger partial charge in [0.05, 0.1) is 12.6 Å². The molecule has 4 nitrogen and oxygen atoms in total. The van der Waals surface area contributed by atoms with Gasteiger partial charge in [0.1, 0.15) is 12.7 Å². The van der Waals surface area contributed by atoms with E-state index in [4.69, 9.17) is 27.9 Å². The highest BCUT2D eigenvalue weighted by atomic mass is 35.5. The molecule has 0 fully saturated rings. The lowest BCUT2D eigenvalue weighted by Gasteiger charge is -2.29. The number of halogens is 2. The molecule has 2 rings (SSSR count). The minimum absolute atomic E-state index is 0.0320. The van der Waals surface area contributed by atoms with Crippen molar-refractivity contribution < 1.29 is 4.74 Å². The van der Waals surface area contributed by atoms with E-state index < -0.39 is 0 Å². The Balaban J connectivity index is 2.22. The van der Waals surface area contributed by atoms with Crippen molar-refractivity contribution in [1.82, 2.24) is 14.8 Å². The molecule has 0 spiro atoms. The maximum absolute atomic E-state index is 6.31. The van der Waals surface area contributed by atoms with Crippen LogP contribution in [0, 0.1) is 5.41 Å². The van der Waals surface area contributed by atoms with Gasteiger partial charge in [0, 0.05) is 17.2 Å². The first-order valence-corrected chi connectivity index (χ1v) is 7.94. The van der Waals surface area contributed by atoms with Crippen molar-refractivity contribution in [3.8, 4) is 0 Å². The Morgan fingerprint density at radius 1 is 1.32 bits per heavy atom. The van der Waals surface area contributed by atoms with Crippen molar-refractivity contribution in [2.45, 2.75) is 32.7 Å². The van der Waals surface area contributed by atoms with Crippen LogP contribution in [0.25, 0.3) is 0 Å². The number of aromatic nitrogens is 3. The predicted octanol–water partition coefficient (Wildman–Crippen LogP) is 4.43. The molecular weight excluding hydrogens is 321 g/mol. The fourth-order valence-corrected chi connectivity index (χ4v) is 3.18. The van der Waals surface area contributed by atoms with Crippen molar-refractivity contribution >= 4 is 23.2 Å². The van der Waals surface area contributed by atoms with Gasteiger partial charge in [0.15, 0.2) is 0 Å². The standard InChI is InChI=1S/C16H21Cl2N3O/c1-16(2,9-22-3)8-14(21-11-19-10-20-21)6-12-4-5-13(17)7-15(12)18/h4-5,7,10-11,14H,6,8-9H2,1-3H3. The molecule has 1 atom stereocenters. The van der Waals surface area contributed by atoms with E-state index in [1.54, 1.807) is 25.8 Å². The lowest BCUT2D eigenvalue weighted by atomic mass is 9.84. The summed E-state index contributed by atoms with van der Waals surface area (Å²) in [6.45, 7) is 5.06. The molecule has 22 heavy (non-hydrogen) atoms. The van der Waals surface area contributed by atoms with Gasteiger partial charge < -0.3 is 4.74 Å². The minimum atomic E-state index is 0.0320. The highest BCUT2D eigenvalue weighted by Gasteiger charge is 2.26. The summed E-state index contributed by atoms with van der Waals surface area (Å²) < 4.78 is 7.22. The SMILES string of the molecule is COCC(C)(C)CC(Cc1ccc(Cl)cc1Cl)n1cncn1. The topological polar surface area (TPSA) is 39.9 Å². The highest BCUT2D eigenvalue weighted by Crippen LogP contribution is 2.32. The molecule has 6 heteroatoms. The molecule has 2 aromatic rings. The number of nitrogens with zero attached hydrogens (tertiary/aromatic N) is 3. The maximum Gasteiger partial charge on any atom is 0.137 e. The van der Waals surface area contributed by atoms with E-state index in [0.29, 0.717) is 16.7 Å². The van der Waals surface area contributed by atoms with Crippen LogP contribution in [0.15, 0.2) is 30.9 Å². The second-order valence-electron chi connectivity index (χ2n) is 6.27. The summed E-state index contributed by atoms with van der Waals surface area (Å²) in [5.41, 5.74) is 1.09. The van der Waals surface area contributed by atoms with E-state index in [1.807, 2.05) is 16.8 Å². The molecule has 0 radical (unpaired) electrons. The molecule has 0 amide bonds. The zero-order valence-corrected chi connectivity index (χ0v) is 14.6. The second-order valence-corrected chi connectivity index (χ2v) is 7.11. The summed E-state index contributed by atoms with van der Waals surface area (Å²) in [7, 11) is 1.72. The molecular formula is C16H21Cl2N3O. The van der Waals surface area contributed by atoms with Crippen LogP contribution in [0.3, 0.4) is 0 Å². The summed E-state index contributed by atoms with van der Waals surface area (Å²) in [4.78, 5) is 4.06. The van der Waals surface area contributed by atoms with Crippen molar-refractivity contribution in [2.24, 2.45) is 5.41 Å². The molecule has 0 aliphatic rings. The first-order chi connectivity index (χ1) is 10.4.